The number of rotatable bonds is 50. The molecule has 0 saturated carbocycles. The molecule has 0 spiro atoms. The molecule has 0 aliphatic rings. The maximum absolute atomic E-state index is 13.0. The van der Waals surface area contributed by atoms with Gasteiger partial charge in [-0.1, -0.05) is 225 Å². The number of quaternary nitrogens is 1. The smallest absolute Gasteiger partial charge is 0.387 e. The van der Waals surface area contributed by atoms with Crippen molar-refractivity contribution in [1.29, 1.82) is 0 Å². The average Bonchev–Trinajstić information content (AvgIpc) is 3.34. The summed E-state index contributed by atoms with van der Waals surface area (Å²) in [5.74, 6) is -0.202. The Hall–Kier alpha value is -3.36. The van der Waals surface area contributed by atoms with E-state index in [0.717, 1.165) is 103 Å². The second kappa shape index (κ2) is 52.5. The highest BCUT2D eigenvalue weighted by atomic mass is 31.2. The molecular weight excluding hydrogens is 912 g/mol. The van der Waals surface area contributed by atoms with Crippen LogP contribution in [0.25, 0.3) is 0 Å². The van der Waals surface area contributed by atoms with E-state index in [2.05, 4.69) is 141 Å². The van der Waals surface area contributed by atoms with Gasteiger partial charge in [0.05, 0.1) is 39.9 Å². The lowest BCUT2D eigenvalue weighted by atomic mass is 10.0. The molecule has 410 valence electrons. The summed E-state index contributed by atoms with van der Waals surface area (Å²) in [5.41, 5.74) is 0. The molecule has 0 aliphatic heterocycles. The van der Waals surface area contributed by atoms with Gasteiger partial charge in [0.1, 0.15) is 13.2 Å². The Balaban J connectivity index is 4.21. The predicted octanol–water partition coefficient (Wildman–Crippen LogP) is 17.5. The number of aliphatic hydroxyl groups is 1. The summed E-state index contributed by atoms with van der Waals surface area (Å²) < 4.78 is 23.6. The van der Waals surface area contributed by atoms with Crippen molar-refractivity contribution in [3.63, 3.8) is 0 Å². The van der Waals surface area contributed by atoms with Gasteiger partial charge in [0.2, 0.25) is 5.91 Å². The first-order chi connectivity index (χ1) is 35.0. The molecule has 0 aromatic carbocycles. The minimum Gasteiger partial charge on any atom is -0.387 e. The van der Waals surface area contributed by atoms with E-state index in [4.69, 9.17) is 9.05 Å². The van der Waals surface area contributed by atoms with Gasteiger partial charge in [0.15, 0.2) is 0 Å². The van der Waals surface area contributed by atoms with Crippen LogP contribution in [0.1, 0.15) is 206 Å². The fraction of sp³-hybridized carbons (Fsp3) is 0.635. The molecular formula is C63H108N2O6P+. The molecule has 0 saturated heterocycles. The van der Waals surface area contributed by atoms with Crippen molar-refractivity contribution in [3.8, 4) is 0 Å². The Bertz CT molecular complexity index is 1630. The Morgan fingerprint density at radius 1 is 0.486 bits per heavy atom. The van der Waals surface area contributed by atoms with Crippen molar-refractivity contribution >= 4 is 13.7 Å². The molecule has 0 rings (SSSR count). The van der Waals surface area contributed by atoms with Crippen molar-refractivity contribution in [2.45, 2.75) is 219 Å². The lowest BCUT2D eigenvalue weighted by Gasteiger charge is -2.25. The van der Waals surface area contributed by atoms with E-state index in [0.29, 0.717) is 17.4 Å². The van der Waals surface area contributed by atoms with Gasteiger partial charge in [-0.05, 0) is 109 Å². The summed E-state index contributed by atoms with van der Waals surface area (Å²) in [6, 6.07) is -0.881. The van der Waals surface area contributed by atoms with Crippen LogP contribution in [0.4, 0.5) is 0 Å². The average molecular weight is 1020 g/mol. The number of likely N-dealkylation sites (N-methyl/N-ethyl adjacent to an activating group) is 1. The molecule has 3 atom stereocenters. The molecule has 9 heteroatoms. The Morgan fingerprint density at radius 3 is 1.28 bits per heavy atom. The normalized spacial score (nSPS) is 14.9. The topological polar surface area (TPSA) is 105 Å². The standard InChI is InChI=1S/C63H107N2O6P/c1-6-8-10-12-14-16-18-20-22-23-24-25-26-27-28-29-30-31-32-33-34-35-36-37-38-39-40-41-43-45-47-49-51-53-55-57-63(67)64-61(60-71-72(68,69)70-59-58-65(3,4)5)62(66)56-54-52-50-48-46-44-42-21-19-17-15-13-11-9-7-2/h8,10,14,16,19-22,24-25,27-28,30-31,33-34,36-37,46,48,54,56,61-62,66H,6-7,9,11-13,15,17-18,23,26,29,32,35,38-45,47,49-53,55,57-60H2,1-5H3,(H-,64,67,68,69)/p+1/b10-8-,16-14-,21-19+,22-20-,25-24-,28-27-,31-30-,34-33-,37-36-,48-46+,56-54+. The van der Waals surface area contributed by atoms with Crippen LogP contribution in [0, 0.1) is 0 Å². The number of carbonyl (C=O) groups is 1. The van der Waals surface area contributed by atoms with E-state index >= 15 is 0 Å². The number of phosphoric acid groups is 1. The zero-order valence-corrected chi connectivity index (χ0v) is 47.5. The number of carbonyl (C=O) groups excluding carboxylic acids is 1. The second-order valence-corrected chi connectivity index (χ2v) is 21.4. The summed E-state index contributed by atoms with van der Waals surface area (Å²) in [4.78, 5) is 23.3. The number of nitrogens with zero attached hydrogens (tertiary/aromatic N) is 1. The van der Waals surface area contributed by atoms with Crippen molar-refractivity contribution in [1.82, 2.24) is 5.32 Å². The Kier molecular flexibility index (Phi) is 50.1. The third kappa shape index (κ3) is 54.4. The SMILES string of the molecule is CC/C=C\C/C=C\C/C=C\C/C=C\C/C=C\C/C=C\C/C=C\C/C=C\CCCCCCCCCCCCC(=O)NC(COP(=O)(O)OCC[N+](C)(C)C)C(O)/C=C/CC/C=C/CC/C=C/CCCCCCC. The van der Waals surface area contributed by atoms with Crippen LogP contribution < -0.4 is 5.32 Å². The highest BCUT2D eigenvalue weighted by molar-refractivity contribution is 7.47. The van der Waals surface area contributed by atoms with Crippen molar-refractivity contribution in [2.24, 2.45) is 0 Å². The third-order valence-electron chi connectivity index (χ3n) is 11.8. The molecule has 0 bridgehead atoms. The first kappa shape index (κ1) is 68.6. The van der Waals surface area contributed by atoms with Crippen molar-refractivity contribution in [3.05, 3.63) is 134 Å². The summed E-state index contributed by atoms with van der Waals surface area (Å²) in [7, 11) is 1.52. The number of hydrogen-bond donors (Lipinski definition) is 3. The predicted molar refractivity (Wildman–Crippen MR) is 313 cm³/mol. The lowest BCUT2D eigenvalue weighted by molar-refractivity contribution is -0.870. The van der Waals surface area contributed by atoms with Crippen LogP contribution in [0.3, 0.4) is 0 Å². The molecule has 3 unspecified atom stereocenters. The van der Waals surface area contributed by atoms with Gasteiger partial charge in [0, 0.05) is 6.42 Å². The van der Waals surface area contributed by atoms with E-state index in [-0.39, 0.29) is 19.1 Å². The van der Waals surface area contributed by atoms with E-state index in [1.54, 1.807) is 6.08 Å². The number of hydrogen-bond acceptors (Lipinski definition) is 5. The largest absolute Gasteiger partial charge is 0.472 e. The zero-order chi connectivity index (χ0) is 52.7. The minimum atomic E-state index is -4.37. The van der Waals surface area contributed by atoms with Crippen molar-refractivity contribution in [2.75, 3.05) is 40.9 Å². The molecule has 3 N–H and O–H groups in total. The quantitative estimate of drug-likeness (QED) is 0.0243. The monoisotopic (exact) mass is 1020 g/mol. The van der Waals surface area contributed by atoms with Gasteiger partial charge in [-0.2, -0.15) is 0 Å². The van der Waals surface area contributed by atoms with Gasteiger partial charge in [0.25, 0.3) is 0 Å². The highest BCUT2D eigenvalue weighted by Crippen LogP contribution is 2.43. The molecule has 72 heavy (non-hydrogen) atoms. The molecule has 0 aliphatic carbocycles. The van der Waals surface area contributed by atoms with Gasteiger partial charge < -0.3 is 19.8 Å². The maximum atomic E-state index is 13.0. The molecule has 0 aromatic heterocycles. The lowest BCUT2D eigenvalue weighted by Crippen LogP contribution is -2.45. The van der Waals surface area contributed by atoms with E-state index in [9.17, 15) is 19.4 Å². The van der Waals surface area contributed by atoms with Crippen LogP contribution in [-0.2, 0) is 18.4 Å². The summed E-state index contributed by atoms with van der Waals surface area (Å²) >= 11 is 0. The fourth-order valence-corrected chi connectivity index (χ4v) is 8.12. The second-order valence-electron chi connectivity index (χ2n) is 19.9. The van der Waals surface area contributed by atoms with Gasteiger partial charge in [-0.3, -0.25) is 13.8 Å². The van der Waals surface area contributed by atoms with Crippen LogP contribution in [0.2, 0.25) is 0 Å². The molecule has 0 heterocycles. The number of aliphatic hydroxyl groups excluding tert-OH is 1. The minimum absolute atomic E-state index is 0.0459. The number of phosphoric ester groups is 1. The van der Waals surface area contributed by atoms with E-state index in [1.807, 2.05) is 27.2 Å². The third-order valence-corrected chi connectivity index (χ3v) is 12.8. The van der Waals surface area contributed by atoms with Gasteiger partial charge in [-0.25, -0.2) is 4.57 Å². The van der Waals surface area contributed by atoms with Crippen LogP contribution in [0.15, 0.2) is 134 Å². The fourth-order valence-electron chi connectivity index (χ4n) is 7.38. The molecule has 0 radical (unpaired) electrons. The van der Waals surface area contributed by atoms with Gasteiger partial charge >= 0.3 is 7.82 Å². The Morgan fingerprint density at radius 2 is 0.847 bits per heavy atom. The molecule has 1 amide bonds. The summed E-state index contributed by atoms with van der Waals surface area (Å²) in [5, 5.41) is 13.9. The van der Waals surface area contributed by atoms with E-state index < -0.39 is 20.0 Å². The number of unbranched alkanes of at least 4 members (excludes halogenated alkanes) is 17. The first-order valence-corrected chi connectivity index (χ1v) is 30.1. The Labute approximate surface area is 443 Å². The zero-order valence-electron chi connectivity index (χ0n) is 46.6. The summed E-state index contributed by atoms with van der Waals surface area (Å²) in [6.07, 6.45) is 79.8. The molecule has 0 fully saturated rings. The molecule has 8 nitrogen and oxygen atoms in total. The van der Waals surface area contributed by atoms with Gasteiger partial charge in [-0.15, -0.1) is 0 Å². The van der Waals surface area contributed by atoms with Crippen molar-refractivity contribution < 1.29 is 32.9 Å². The maximum Gasteiger partial charge on any atom is 0.472 e. The van der Waals surface area contributed by atoms with E-state index in [1.165, 1.54) is 83.5 Å². The van der Waals surface area contributed by atoms with Crippen LogP contribution in [-0.4, -0.2) is 73.4 Å². The van der Waals surface area contributed by atoms with Crippen LogP contribution in [0.5, 0.6) is 0 Å². The number of nitrogens with one attached hydrogen (secondary N) is 1. The summed E-state index contributed by atoms with van der Waals surface area (Å²) in [6.45, 7) is 4.63. The molecule has 0 aromatic rings. The number of amides is 1. The highest BCUT2D eigenvalue weighted by Gasteiger charge is 2.27. The number of allylic oxidation sites excluding steroid dienone is 21. The first-order valence-electron chi connectivity index (χ1n) is 28.6. The van der Waals surface area contributed by atoms with Crippen LogP contribution >= 0.6 is 7.82 Å².